The Hall–Kier alpha value is -2.11. The lowest BCUT2D eigenvalue weighted by atomic mass is 9.67. The lowest BCUT2D eigenvalue weighted by Crippen LogP contribution is -2.49. The summed E-state index contributed by atoms with van der Waals surface area (Å²) in [6, 6.07) is 21.1. The molecule has 2 aromatic rings. The SMILES string of the molecule is N#CC1(CCN2CC3CCC2CC3)c2ccccc2CCCc2ccccc21. The highest BCUT2D eigenvalue weighted by molar-refractivity contribution is 5.53. The van der Waals surface area contributed by atoms with Crippen LogP contribution in [-0.4, -0.2) is 24.0 Å². The molecule has 0 atom stereocenters. The van der Waals surface area contributed by atoms with Crippen molar-refractivity contribution in [2.45, 2.75) is 62.8 Å². The van der Waals surface area contributed by atoms with Gasteiger partial charge in [-0.15, -0.1) is 0 Å². The maximum absolute atomic E-state index is 10.6. The third kappa shape index (κ3) is 2.97. The van der Waals surface area contributed by atoms with Gasteiger partial charge in [-0.1, -0.05) is 48.5 Å². The predicted octanol–water partition coefficient (Wildman–Crippen LogP) is 5.25. The lowest BCUT2D eigenvalue weighted by molar-refractivity contribution is 0.0457. The average Bonchev–Trinajstić information content (AvgIpc) is 2.76. The van der Waals surface area contributed by atoms with Crippen molar-refractivity contribution >= 4 is 0 Å². The van der Waals surface area contributed by atoms with Gasteiger partial charge >= 0.3 is 0 Å². The van der Waals surface area contributed by atoms with Crippen LogP contribution in [0.3, 0.4) is 0 Å². The number of piperidine rings is 2. The van der Waals surface area contributed by atoms with Crippen LogP contribution in [0.1, 0.15) is 60.8 Å². The summed E-state index contributed by atoms with van der Waals surface area (Å²) in [6.07, 6.45) is 9.75. The molecule has 2 aliphatic heterocycles. The Kier molecular flexibility index (Phi) is 4.73. The summed E-state index contributed by atoms with van der Waals surface area (Å²) in [6.45, 7) is 2.28. The van der Waals surface area contributed by atoms with Crippen molar-refractivity contribution in [3.8, 4) is 6.07 Å². The fourth-order valence-electron chi connectivity index (χ4n) is 6.13. The standard InChI is InChI=1S/C26H30N2/c27-19-26(16-17-28-18-20-12-14-23(28)15-13-20)24-10-3-1-6-21(24)8-5-9-22-7-2-4-11-25(22)26/h1-4,6-7,10-11,20,23H,5,8-9,12-18H2. The molecule has 0 unspecified atom stereocenters. The van der Waals surface area contributed by atoms with Crippen LogP contribution < -0.4 is 0 Å². The normalized spacial score (nSPS) is 25.8. The van der Waals surface area contributed by atoms with Crippen LogP contribution in [0, 0.1) is 17.2 Å². The van der Waals surface area contributed by atoms with Gasteiger partial charge in [0.05, 0.1) is 6.07 Å². The van der Waals surface area contributed by atoms with E-state index in [0.717, 1.165) is 44.2 Å². The topological polar surface area (TPSA) is 27.0 Å². The van der Waals surface area contributed by atoms with Crippen molar-refractivity contribution in [3.05, 3.63) is 70.8 Å². The minimum Gasteiger partial charge on any atom is -0.300 e. The van der Waals surface area contributed by atoms with E-state index in [2.05, 4.69) is 59.5 Å². The van der Waals surface area contributed by atoms with Crippen LogP contribution in [0.5, 0.6) is 0 Å². The first-order valence-electron chi connectivity index (χ1n) is 11.1. The van der Waals surface area contributed by atoms with Gasteiger partial charge in [-0.05, 0) is 79.5 Å². The number of nitrogens with zero attached hydrogens (tertiary/aromatic N) is 2. The quantitative estimate of drug-likeness (QED) is 0.738. The number of rotatable bonds is 3. The molecule has 0 amide bonds. The van der Waals surface area contributed by atoms with Crippen molar-refractivity contribution in [2.24, 2.45) is 5.92 Å². The monoisotopic (exact) mass is 370 g/mol. The number of hydrogen-bond acceptors (Lipinski definition) is 2. The lowest BCUT2D eigenvalue weighted by Gasteiger charge is -2.46. The van der Waals surface area contributed by atoms with Crippen molar-refractivity contribution in [3.63, 3.8) is 0 Å². The van der Waals surface area contributed by atoms with Crippen LogP contribution in [0.25, 0.3) is 0 Å². The molecule has 0 radical (unpaired) electrons. The maximum Gasteiger partial charge on any atom is 0.109 e. The molecule has 144 valence electrons. The van der Waals surface area contributed by atoms with Gasteiger partial charge in [0, 0.05) is 19.1 Å². The van der Waals surface area contributed by atoms with E-state index < -0.39 is 5.41 Å². The average molecular weight is 371 g/mol. The molecule has 2 saturated heterocycles. The highest BCUT2D eigenvalue weighted by Crippen LogP contribution is 2.42. The smallest absolute Gasteiger partial charge is 0.109 e. The molecule has 2 heterocycles. The van der Waals surface area contributed by atoms with Gasteiger partial charge in [0.2, 0.25) is 0 Å². The fraction of sp³-hybridized carbons (Fsp3) is 0.500. The van der Waals surface area contributed by atoms with Crippen molar-refractivity contribution < 1.29 is 0 Å². The van der Waals surface area contributed by atoms with E-state index in [4.69, 9.17) is 0 Å². The Morgan fingerprint density at radius 3 is 2.04 bits per heavy atom. The second-order valence-corrected chi connectivity index (χ2v) is 9.10. The molecular weight excluding hydrogens is 340 g/mol. The largest absolute Gasteiger partial charge is 0.300 e. The summed E-state index contributed by atoms with van der Waals surface area (Å²) in [4.78, 5) is 2.71. The Morgan fingerprint density at radius 1 is 0.893 bits per heavy atom. The zero-order chi connectivity index (χ0) is 19.0. The van der Waals surface area contributed by atoms with E-state index in [-0.39, 0.29) is 0 Å². The third-order valence-electron chi connectivity index (χ3n) is 7.64. The van der Waals surface area contributed by atoms with Crippen LogP contribution in [-0.2, 0) is 18.3 Å². The number of nitriles is 1. The zero-order valence-corrected chi connectivity index (χ0v) is 16.7. The van der Waals surface area contributed by atoms with Crippen molar-refractivity contribution in [1.29, 1.82) is 5.26 Å². The fourth-order valence-corrected chi connectivity index (χ4v) is 6.13. The molecule has 28 heavy (non-hydrogen) atoms. The molecule has 6 rings (SSSR count). The summed E-state index contributed by atoms with van der Waals surface area (Å²) in [5, 5.41) is 10.6. The number of benzene rings is 2. The molecule has 4 aliphatic rings. The second-order valence-electron chi connectivity index (χ2n) is 9.10. The highest BCUT2D eigenvalue weighted by Gasteiger charge is 2.41. The molecule has 0 aromatic heterocycles. The molecule has 0 spiro atoms. The van der Waals surface area contributed by atoms with E-state index in [1.54, 1.807) is 0 Å². The molecule has 2 aliphatic carbocycles. The van der Waals surface area contributed by atoms with E-state index in [1.165, 1.54) is 54.5 Å². The van der Waals surface area contributed by atoms with E-state index in [1.807, 2.05) is 0 Å². The minimum atomic E-state index is -0.524. The van der Waals surface area contributed by atoms with Crippen molar-refractivity contribution in [2.75, 3.05) is 13.1 Å². The molecule has 2 nitrogen and oxygen atoms in total. The van der Waals surface area contributed by atoms with E-state index in [0.29, 0.717) is 0 Å². The first kappa shape index (κ1) is 18.0. The van der Waals surface area contributed by atoms with Gasteiger partial charge in [0.15, 0.2) is 0 Å². The van der Waals surface area contributed by atoms with Crippen LogP contribution in [0.15, 0.2) is 48.5 Å². The molecule has 0 N–H and O–H groups in total. The maximum atomic E-state index is 10.6. The van der Waals surface area contributed by atoms with E-state index >= 15 is 0 Å². The van der Waals surface area contributed by atoms with Gasteiger partial charge in [0.1, 0.15) is 5.41 Å². The zero-order valence-electron chi connectivity index (χ0n) is 16.7. The summed E-state index contributed by atoms with van der Waals surface area (Å²) in [7, 11) is 0. The number of aryl methyl sites for hydroxylation is 2. The summed E-state index contributed by atoms with van der Waals surface area (Å²) >= 11 is 0. The summed E-state index contributed by atoms with van der Waals surface area (Å²) < 4.78 is 0. The number of hydrogen-bond donors (Lipinski definition) is 0. The second kappa shape index (κ2) is 7.37. The van der Waals surface area contributed by atoms with Gasteiger partial charge in [-0.2, -0.15) is 5.26 Å². The van der Waals surface area contributed by atoms with Gasteiger partial charge in [-0.25, -0.2) is 0 Å². The Morgan fingerprint density at radius 2 is 1.50 bits per heavy atom. The Labute approximate surface area is 169 Å². The molecule has 2 heteroatoms. The summed E-state index contributed by atoms with van der Waals surface area (Å²) in [5.41, 5.74) is 4.74. The van der Waals surface area contributed by atoms with Crippen LogP contribution >= 0.6 is 0 Å². The first-order valence-corrected chi connectivity index (χ1v) is 11.1. The van der Waals surface area contributed by atoms with Gasteiger partial charge < -0.3 is 4.90 Å². The van der Waals surface area contributed by atoms with E-state index in [9.17, 15) is 5.26 Å². The molecule has 1 saturated carbocycles. The molecular formula is C26H30N2. The Bertz CT molecular complexity index is 838. The highest BCUT2D eigenvalue weighted by atomic mass is 15.2. The van der Waals surface area contributed by atoms with Gasteiger partial charge in [-0.3, -0.25) is 0 Å². The first-order chi connectivity index (χ1) is 13.8. The molecule has 3 fully saturated rings. The minimum absolute atomic E-state index is 0.524. The third-order valence-corrected chi connectivity index (χ3v) is 7.64. The predicted molar refractivity (Wildman–Crippen MR) is 113 cm³/mol. The van der Waals surface area contributed by atoms with Crippen molar-refractivity contribution in [1.82, 2.24) is 4.90 Å². The van der Waals surface area contributed by atoms with Crippen LogP contribution in [0.2, 0.25) is 0 Å². The molecule has 2 bridgehead atoms. The molecule has 2 aromatic carbocycles. The van der Waals surface area contributed by atoms with Gasteiger partial charge in [0.25, 0.3) is 0 Å². The number of fused-ring (bicyclic) bond motifs is 5. The summed E-state index contributed by atoms with van der Waals surface area (Å²) in [5.74, 6) is 0.889. The van der Waals surface area contributed by atoms with Crippen LogP contribution in [0.4, 0.5) is 0 Å². The Balaban J connectivity index is 1.55.